The fourth-order valence-electron chi connectivity index (χ4n) is 3.13. The number of fused-ring (bicyclic) bond motifs is 1. The second kappa shape index (κ2) is 10.8. The minimum atomic E-state index is 0.632. The van der Waals surface area contributed by atoms with E-state index < -0.39 is 0 Å². The van der Waals surface area contributed by atoms with Gasteiger partial charge in [-0.25, -0.2) is 4.98 Å². The molecule has 7 heteroatoms. The molecule has 0 saturated carbocycles. The first-order valence-corrected chi connectivity index (χ1v) is 10.2. The van der Waals surface area contributed by atoms with Gasteiger partial charge >= 0.3 is 0 Å². The smallest absolute Gasteiger partial charge is 0.290 e. The maximum Gasteiger partial charge on any atom is 0.290 e. The zero-order chi connectivity index (χ0) is 20.5. The highest BCUT2D eigenvalue weighted by molar-refractivity contribution is 7.80. The van der Waals surface area contributed by atoms with E-state index in [0.29, 0.717) is 10.7 Å². The van der Waals surface area contributed by atoms with E-state index in [-0.39, 0.29) is 0 Å². The van der Waals surface area contributed by atoms with Gasteiger partial charge in [0.05, 0.1) is 27.2 Å². The summed E-state index contributed by atoms with van der Waals surface area (Å²) in [6, 6.07) is 8.48. The molecule has 0 aliphatic carbocycles. The lowest BCUT2D eigenvalue weighted by atomic mass is 10.0. The van der Waals surface area contributed by atoms with E-state index in [2.05, 4.69) is 67.1 Å². The largest absolute Gasteiger partial charge is 0.363 e. The summed E-state index contributed by atoms with van der Waals surface area (Å²) in [5, 5.41) is 21.1. The molecule has 0 fully saturated rings. The summed E-state index contributed by atoms with van der Waals surface area (Å²) in [5.74, 6) is 0.770. The molecule has 1 aromatic heterocycles. The summed E-state index contributed by atoms with van der Waals surface area (Å²) in [4.78, 5) is 4.82. The Kier molecular flexibility index (Phi) is 8.42. The molecule has 0 bridgehead atoms. The van der Waals surface area contributed by atoms with Crippen LogP contribution in [0.2, 0.25) is 0 Å². The molecular formula is C21H32N6S+2. The molecule has 2 aromatic rings. The molecule has 0 atom stereocenters. The Morgan fingerprint density at radius 2 is 1.82 bits per heavy atom. The highest BCUT2D eigenvalue weighted by atomic mass is 32.1. The van der Waals surface area contributed by atoms with E-state index in [1.807, 2.05) is 6.07 Å². The third-order valence-electron chi connectivity index (χ3n) is 4.55. The standard InChI is InChI=1S/C21H30N6S/c1-15-11-16(2)18-13-17(14-22)20(26-19(18)12-15)23-7-5-8-24-21(28)25-9-6-10-27(3)4/h11-13H,5-10H2,1-4H3,(H,23,26)(H2,24,25,28)/p+2. The Morgan fingerprint density at radius 3 is 2.50 bits per heavy atom. The third kappa shape index (κ3) is 6.63. The Labute approximate surface area is 173 Å². The van der Waals surface area contributed by atoms with Gasteiger partial charge in [-0.1, -0.05) is 6.07 Å². The van der Waals surface area contributed by atoms with Gasteiger partial charge in [-0.2, -0.15) is 5.26 Å². The number of H-pyrrole nitrogens is 1. The molecule has 1 heterocycles. The number of benzene rings is 1. The van der Waals surface area contributed by atoms with Crippen molar-refractivity contribution in [3.05, 3.63) is 34.9 Å². The van der Waals surface area contributed by atoms with E-state index in [1.165, 1.54) is 16.0 Å². The fourth-order valence-corrected chi connectivity index (χ4v) is 3.33. The van der Waals surface area contributed by atoms with Gasteiger partial charge in [0.25, 0.3) is 5.82 Å². The molecule has 6 nitrogen and oxygen atoms in total. The minimum absolute atomic E-state index is 0.632. The maximum atomic E-state index is 9.49. The number of rotatable bonds is 9. The van der Waals surface area contributed by atoms with E-state index in [0.717, 1.165) is 55.7 Å². The highest BCUT2D eigenvalue weighted by Crippen LogP contribution is 2.21. The molecule has 0 amide bonds. The van der Waals surface area contributed by atoms with E-state index >= 15 is 0 Å². The van der Waals surface area contributed by atoms with Crippen molar-refractivity contribution in [1.82, 2.24) is 10.6 Å². The molecular weight excluding hydrogens is 368 g/mol. The Bertz CT molecular complexity index is 856. The van der Waals surface area contributed by atoms with E-state index in [1.54, 1.807) is 0 Å². The molecule has 2 rings (SSSR count). The second-order valence-corrected chi connectivity index (χ2v) is 7.89. The zero-order valence-corrected chi connectivity index (χ0v) is 18.1. The molecule has 0 spiro atoms. The topological polar surface area (TPSA) is 78.5 Å². The van der Waals surface area contributed by atoms with Crippen molar-refractivity contribution in [2.45, 2.75) is 26.7 Å². The van der Waals surface area contributed by atoms with Gasteiger partial charge in [0.1, 0.15) is 17.1 Å². The van der Waals surface area contributed by atoms with Gasteiger partial charge < -0.3 is 15.5 Å². The van der Waals surface area contributed by atoms with Crippen molar-refractivity contribution >= 4 is 34.1 Å². The summed E-state index contributed by atoms with van der Waals surface area (Å²) >= 11 is 5.29. The molecule has 28 heavy (non-hydrogen) atoms. The van der Waals surface area contributed by atoms with Crippen LogP contribution in [-0.2, 0) is 0 Å². The third-order valence-corrected chi connectivity index (χ3v) is 4.84. The van der Waals surface area contributed by atoms with Crippen molar-refractivity contribution in [3.8, 4) is 6.07 Å². The van der Waals surface area contributed by atoms with Gasteiger partial charge in [0, 0.05) is 31.3 Å². The lowest BCUT2D eigenvalue weighted by Gasteiger charge is -2.11. The lowest BCUT2D eigenvalue weighted by molar-refractivity contribution is -0.858. The number of aryl methyl sites for hydroxylation is 2. The number of quaternary nitrogens is 1. The number of aromatic amines is 1. The lowest BCUT2D eigenvalue weighted by Crippen LogP contribution is -3.05. The van der Waals surface area contributed by atoms with Crippen LogP contribution in [0.3, 0.4) is 0 Å². The first kappa shape index (κ1) is 21.9. The van der Waals surface area contributed by atoms with Crippen LogP contribution in [0.15, 0.2) is 18.2 Å². The summed E-state index contributed by atoms with van der Waals surface area (Å²) in [6.45, 7) is 7.71. The minimum Gasteiger partial charge on any atom is -0.363 e. The first-order valence-electron chi connectivity index (χ1n) is 9.82. The van der Waals surface area contributed by atoms with E-state index in [4.69, 9.17) is 12.2 Å². The quantitative estimate of drug-likeness (QED) is 0.372. The molecule has 150 valence electrons. The Hall–Kier alpha value is -2.43. The SMILES string of the molecule is Cc1cc(C)c2cc(C#N)c(NCCCNC(=S)NCCC[NH+](C)C)[nH+]c2c1. The van der Waals surface area contributed by atoms with Crippen LogP contribution >= 0.6 is 12.2 Å². The molecule has 0 saturated heterocycles. The number of anilines is 1. The van der Waals surface area contributed by atoms with Crippen molar-refractivity contribution in [1.29, 1.82) is 5.26 Å². The molecule has 0 aliphatic heterocycles. The predicted molar refractivity (Wildman–Crippen MR) is 119 cm³/mol. The molecule has 0 radical (unpaired) electrons. The summed E-state index contributed by atoms with van der Waals surface area (Å²) in [6.07, 6.45) is 1.99. The number of nitrogens with zero attached hydrogens (tertiary/aromatic N) is 1. The summed E-state index contributed by atoms with van der Waals surface area (Å²) in [5.41, 5.74) is 4.05. The monoisotopic (exact) mass is 400 g/mol. The zero-order valence-electron chi connectivity index (χ0n) is 17.3. The van der Waals surface area contributed by atoms with Crippen molar-refractivity contribution in [3.63, 3.8) is 0 Å². The highest BCUT2D eigenvalue weighted by Gasteiger charge is 2.13. The number of nitrogens with one attached hydrogen (secondary N) is 5. The van der Waals surface area contributed by atoms with Crippen molar-refractivity contribution in [2.75, 3.05) is 45.6 Å². The predicted octanol–water partition coefficient (Wildman–Crippen LogP) is 0.943. The van der Waals surface area contributed by atoms with Crippen molar-refractivity contribution < 1.29 is 9.88 Å². The van der Waals surface area contributed by atoms with Crippen LogP contribution in [0.5, 0.6) is 0 Å². The van der Waals surface area contributed by atoms with Crippen LogP contribution in [0.4, 0.5) is 5.82 Å². The average molecular weight is 401 g/mol. The number of hydrogen-bond acceptors (Lipinski definition) is 3. The van der Waals surface area contributed by atoms with Gasteiger partial charge in [-0.15, -0.1) is 0 Å². The van der Waals surface area contributed by atoms with Crippen molar-refractivity contribution in [2.24, 2.45) is 0 Å². The molecule has 0 aliphatic rings. The molecule has 0 unspecified atom stereocenters. The number of thiocarbonyl (C=S) groups is 1. The summed E-state index contributed by atoms with van der Waals surface area (Å²) in [7, 11) is 4.30. The van der Waals surface area contributed by atoms with Gasteiger partial charge in [-0.05, 0) is 49.3 Å². The normalized spacial score (nSPS) is 10.7. The van der Waals surface area contributed by atoms with Crippen LogP contribution in [0.1, 0.15) is 29.5 Å². The van der Waals surface area contributed by atoms with Crippen LogP contribution in [-0.4, -0.2) is 45.4 Å². The van der Waals surface area contributed by atoms with Gasteiger partial charge in [0.2, 0.25) is 0 Å². The van der Waals surface area contributed by atoms with Crippen LogP contribution in [0.25, 0.3) is 10.9 Å². The number of aromatic nitrogens is 1. The Morgan fingerprint density at radius 1 is 1.11 bits per heavy atom. The Balaban J connectivity index is 1.80. The number of pyridine rings is 1. The fraction of sp³-hybridized carbons (Fsp3) is 0.476. The van der Waals surface area contributed by atoms with Gasteiger partial charge in [-0.3, -0.25) is 5.32 Å². The maximum absolute atomic E-state index is 9.49. The van der Waals surface area contributed by atoms with Crippen LogP contribution < -0.4 is 25.8 Å². The first-order chi connectivity index (χ1) is 13.4. The molecule has 5 N–H and O–H groups in total. The van der Waals surface area contributed by atoms with Gasteiger partial charge in [0.15, 0.2) is 5.11 Å². The van der Waals surface area contributed by atoms with E-state index in [9.17, 15) is 5.26 Å². The molecule has 1 aromatic carbocycles. The summed E-state index contributed by atoms with van der Waals surface area (Å²) < 4.78 is 0. The van der Waals surface area contributed by atoms with Crippen LogP contribution in [0, 0.1) is 25.2 Å². The number of nitriles is 1. The average Bonchev–Trinajstić information content (AvgIpc) is 2.64. The number of hydrogen-bond donors (Lipinski definition) is 4. The second-order valence-electron chi connectivity index (χ2n) is 7.49.